The third-order valence-electron chi connectivity index (χ3n) is 1.46. The van der Waals surface area contributed by atoms with Gasteiger partial charge in [-0.1, -0.05) is 0 Å². The number of furan rings is 1. The fourth-order valence-corrected chi connectivity index (χ4v) is 0.806. The lowest BCUT2D eigenvalue weighted by Crippen LogP contribution is -1.94. The van der Waals surface area contributed by atoms with Crippen LogP contribution in [0.2, 0.25) is 0 Å². The molecule has 0 aliphatic carbocycles. The molecule has 0 unspecified atom stereocenters. The van der Waals surface area contributed by atoms with Gasteiger partial charge < -0.3 is 9.52 Å². The van der Waals surface area contributed by atoms with Gasteiger partial charge in [-0.25, -0.2) is 4.79 Å². The fourth-order valence-electron chi connectivity index (χ4n) is 0.806. The highest BCUT2D eigenvalue weighted by Gasteiger charge is 2.01. The molecule has 1 N–H and O–H groups in total. The van der Waals surface area contributed by atoms with Gasteiger partial charge in [0.15, 0.2) is 0 Å². The molecule has 0 atom stereocenters. The molecule has 0 saturated heterocycles. The van der Waals surface area contributed by atoms with Crippen LogP contribution in [0.3, 0.4) is 0 Å². The smallest absolute Gasteiger partial charge is 0.331 e. The SMILES string of the molecule is C/C(=C/c1ccc(C)o1)C(=O)O. The number of aliphatic carboxylic acids is 1. The average molecular weight is 166 g/mol. The molecule has 1 heterocycles. The van der Waals surface area contributed by atoms with Gasteiger partial charge in [-0.3, -0.25) is 0 Å². The maximum atomic E-state index is 10.4. The molecule has 0 amide bonds. The van der Waals surface area contributed by atoms with E-state index in [2.05, 4.69) is 0 Å². The number of rotatable bonds is 2. The zero-order valence-electron chi connectivity index (χ0n) is 7.00. The van der Waals surface area contributed by atoms with Gasteiger partial charge in [0.25, 0.3) is 0 Å². The van der Waals surface area contributed by atoms with Gasteiger partial charge in [0.05, 0.1) is 0 Å². The summed E-state index contributed by atoms with van der Waals surface area (Å²) in [6.07, 6.45) is 1.50. The van der Waals surface area contributed by atoms with Crippen LogP contribution < -0.4 is 0 Å². The first-order valence-corrected chi connectivity index (χ1v) is 3.57. The van der Waals surface area contributed by atoms with E-state index in [1.165, 1.54) is 13.0 Å². The van der Waals surface area contributed by atoms with Gasteiger partial charge in [0.1, 0.15) is 11.5 Å². The third-order valence-corrected chi connectivity index (χ3v) is 1.46. The molecule has 0 bridgehead atoms. The van der Waals surface area contributed by atoms with Crippen LogP contribution in [0.25, 0.3) is 6.08 Å². The van der Waals surface area contributed by atoms with Crippen molar-refractivity contribution in [1.29, 1.82) is 0 Å². The molecule has 64 valence electrons. The van der Waals surface area contributed by atoms with Gasteiger partial charge >= 0.3 is 5.97 Å². The second-order valence-electron chi connectivity index (χ2n) is 2.58. The molecule has 3 heteroatoms. The van der Waals surface area contributed by atoms with Crippen molar-refractivity contribution in [2.45, 2.75) is 13.8 Å². The minimum absolute atomic E-state index is 0.268. The third kappa shape index (κ3) is 1.99. The largest absolute Gasteiger partial charge is 0.478 e. The molecule has 0 aliphatic heterocycles. The highest BCUT2D eigenvalue weighted by atomic mass is 16.4. The summed E-state index contributed by atoms with van der Waals surface area (Å²) in [5.41, 5.74) is 0.268. The summed E-state index contributed by atoms with van der Waals surface area (Å²) in [6.45, 7) is 3.34. The molecule has 0 fully saturated rings. The van der Waals surface area contributed by atoms with E-state index in [1.807, 2.05) is 6.92 Å². The van der Waals surface area contributed by atoms with Gasteiger partial charge in [-0.15, -0.1) is 0 Å². The summed E-state index contributed by atoms with van der Waals surface area (Å²) in [5.74, 6) is 0.427. The van der Waals surface area contributed by atoms with Crippen molar-refractivity contribution >= 4 is 12.0 Å². The van der Waals surface area contributed by atoms with Crippen LogP contribution in [0.1, 0.15) is 18.4 Å². The minimum Gasteiger partial charge on any atom is -0.478 e. The van der Waals surface area contributed by atoms with E-state index >= 15 is 0 Å². The summed E-state index contributed by atoms with van der Waals surface area (Å²) < 4.78 is 5.16. The van der Waals surface area contributed by atoms with E-state index in [9.17, 15) is 4.79 Å². The van der Waals surface area contributed by atoms with Crippen molar-refractivity contribution in [3.05, 3.63) is 29.2 Å². The maximum Gasteiger partial charge on any atom is 0.331 e. The van der Waals surface area contributed by atoms with Gasteiger partial charge in [0.2, 0.25) is 0 Å². The lowest BCUT2D eigenvalue weighted by molar-refractivity contribution is -0.132. The van der Waals surface area contributed by atoms with Crippen molar-refractivity contribution < 1.29 is 14.3 Å². The molecule has 0 spiro atoms. The standard InChI is InChI=1S/C9H10O3/c1-6(9(10)11)5-8-4-3-7(2)12-8/h3-5H,1-2H3,(H,10,11)/b6-5-. The van der Waals surface area contributed by atoms with Crippen LogP contribution >= 0.6 is 0 Å². The highest BCUT2D eigenvalue weighted by molar-refractivity contribution is 5.90. The number of aryl methyl sites for hydroxylation is 1. The molecule has 12 heavy (non-hydrogen) atoms. The molecule has 1 aromatic rings. The first-order valence-electron chi connectivity index (χ1n) is 3.57. The Morgan fingerprint density at radius 3 is 2.67 bits per heavy atom. The summed E-state index contributed by atoms with van der Waals surface area (Å²) in [4.78, 5) is 10.4. The lowest BCUT2D eigenvalue weighted by atomic mass is 10.2. The first kappa shape index (κ1) is 8.59. The fraction of sp³-hybridized carbons (Fsp3) is 0.222. The molecule has 1 rings (SSSR count). The Morgan fingerprint density at radius 2 is 2.25 bits per heavy atom. The summed E-state index contributed by atoms with van der Waals surface area (Å²) in [7, 11) is 0. The van der Waals surface area contributed by atoms with Gasteiger partial charge in [0, 0.05) is 5.57 Å². The van der Waals surface area contributed by atoms with Crippen LogP contribution in [0.5, 0.6) is 0 Å². The zero-order valence-corrected chi connectivity index (χ0v) is 7.00. The molecule has 0 saturated carbocycles. The number of hydrogen-bond donors (Lipinski definition) is 1. The number of carboxylic acids is 1. The topological polar surface area (TPSA) is 50.4 Å². The zero-order chi connectivity index (χ0) is 9.14. The second-order valence-corrected chi connectivity index (χ2v) is 2.58. The van der Waals surface area contributed by atoms with Crippen LogP contribution in [-0.4, -0.2) is 11.1 Å². The molecule has 1 aromatic heterocycles. The maximum absolute atomic E-state index is 10.4. The van der Waals surface area contributed by atoms with Crippen molar-refractivity contribution in [3.8, 4) is 0 Å². The number of hydrogen-bond acceptors (Lipinski definition) is 2. The van der Waals surface area contributed by atoms with E-state index < -0.39 is 5.97 Å². The average Bonchev–Trinajstić information content (AvgIpc) is 2.35. The Morgan fingerprint density at radius 1 is 1.58 bits per heavy atom. The second kappa shape index (κ2) is 3.26. The van der Waals surface area contributed by atoms with Crippen LogP contribution in [-0.2, 0) is 4.79 Å². The number of carboxylic acid groups (broad SMARTS) is 1. The quantitative estimate of drug-likeness (QED) is 0.684. The van der Waals surface area contributed by atoms with Crippen molar-refractivity contribution in [2.75, 3.05) is 0 Å². The normalized spacial score (nSPS) is 11.7. The van der Waals surface area contributed by atoms with Crippen LogP contribution in [0, 0.1) is 6.92 Å². The Labute approximate surface area is 70.3 Å². The summed E-state index contributed by atoms with van der Waals surface area (Å²) in [5, 5.41) is 8.54. The van der Waals surface area contributed by atoms with Gasteiger partial charge in [-0.05, 0) is 32.1 Å². The molecule has 0 aromatic carbocycles. The van der Waals surface area contributed by atoms with Crippen LogP contribution in [0.4, 0.5) is 0 Å². The van der Waals surface area contributed by atoms with E-state index in [0.717, 1.165) is 5.76 Å². The molecule has 0 radical (unpaired) electrons. The number of carbonyl (C=O) groups is 1. The van der Waals surface area contributed by atoms with E-state index in [1.54, 1.807) is 12.1 Å². The molecular formula is C9H10O3. The molecular weight excluding hydrogens is 156 g/mol. The van der Waals surface area contributed by atoms with Gasteiger partial charge in [-0.2, -0.15) is 0 Å². The predicted octanol–water partition coefficient (Wildman–Crippen LogP) is 2.08. The summed E-state index contributed by atoms with van der Waals surface area (Å²) in [6, 6.07) is 3.53. The van der Waals surface area contributed by atoms with E-state index in [-0.39, 0.29) is 5.57 Å². The van der Waals surface area contributed by atoms with E-state index in [4.69, 9.17) is 9.52 Å². The Hall–Kier alpha value is -1.51. The van der Waals surface area contributed by atoms with Crippen LogP contribution in [0.15, 0.2) is 22.1 Å². The van der Waals surface area contributed by atoms with Crippen molar-refractivity contribution in [3.63, 3.8) is 0 Å². The highest BCUT2D eigenvalue weighted by Crippen LogP contribution is 2.10. The Balaban J connectivity index is 2.87. The predicted molar refractivity (Wildman–Crippen MR) is 44.7 cm³/mol. The van der Waals surface area contributed by atoms with Crippen molar-refractivity contribution in [1.82, 2.24) is 0 Å². The van der Waals surface area contributed by atoms with E-state index in [0.29, 0.717) is 5.76 Å². The lowest BCUT2D eigenvalue weighted by Gasteiger charge is -1.89. The first-order chi connectivity index (χ1) is 5.59. The summed E-state index contributed by atoms with van der Waals surface area (Å²) >= 11 is 0. The Kier molecular flexibility index (Phi) is 2.33. The molecule has 3 nitrogen and oxygen atoms in total. The minimum atomic E-state index is -0.927. The monoisotopic (exact) mass is 166 g/mol. The van der Waals surface area contributed by atoms with Crippen molar-refractivity contribution in [2.24, 2.45) is 0 Å². The Bertz CT molecular complexity index is 320. The molecule has 0 aliphatic rings.